The van der Waals surface area contributed by atoms with E-state index >= 15 is 0 Å². The molecule has 154 valence electrons. The lowest BCUT2D eigenvalue weighted by Gasteiger charge is -2.16. The van der Waals surface area contributed by atoms with E-state index in [1.54, 1.807) is 18.0 Å². The minimum absolute atomic E-state index is 0. The zero-order chi connectivity index (χ0) is 19.0. The van der Waals surface area contributed by atoms with Crippen LogP contribution < -0.4 is 10.6 Å². The van der Waals surface area contributed by atoms with E-state index in [2.05, 4.69) is 27.8 Å². The summed E-state index contributed by atoms with van der Waals surface area (Å²) in [6.45, 7) is 1.32. The molecular weight excluding hydrogens is 509 g/mol. The highest BCUT2D eigenvalue weighted by Crippen LogP contribution is 2.16. The van der Waals surface area contributed by atoms with Gasteiger partial charge in [0.05, 0.1) is 17.8 Å². The number of guanidine groups is 1. The Morgan fingerprint density at radius 1 is 1.21 bits per heavy atom. The summed E-state index contributed by atoms with van der Waals surface area (Å²) in [5.74, 6) is 2.86. The van der Waals surface area contributed by atoms with Crippen LogP contribution in [-0.2, 0) is 16.3 Å². The third-order valence-electron chi connectivity index (χ3n) is 4.19. The largest absolute Gasteiger partial charge is 0.469 e. The Bertz CT molecular complexity index is 827. The van der Waals surface area contributed by atoms with E-state index in [1.165, 1.54) is 4.90 Å². The number of halogens is 1. The van der Waals surface area contributed by atoms with E-state index in [-0.39, 0.29) is 41.5 Å². The summed E-state index contributed by atoms with van der Waals surface area (Å²) in [4.78, 5) is 5.81. The average Bonchev–Trinajstić information content (AvgIpc) is 3.28. The van der Waals surface area contributed by atoms with Crippen LogP contribution >= 0.6 is 35.7 Å². The fourth-order valence-corrected chi connectivity index (χ4v) is 5.31. The lowest BCUT2D eigenvalue weighted by atomic mass is 10.3. The van der Waals surface area contributed by atoms with Gasteiger partial charge in [-0.3, -0.25) is 4.99 Å². The Balaban J connectivity index is 0.00000280. The van der Waals surface area contributed by atoms with Crippen molar-refractivity contribution in [3.8, 4) is 0 Å². The molecule has 3 rings (SSSR count). The molecule has 2 heterocycles. The first kappa shape index (κ1) is 23.1. The van der Waals surface area contributed by atoms with Crippen molar-refractivity contribution >= 4 is 51.5 Å². The maximum Gasteiger partial charge on any atom is 0.191 e. The van der Waals surface area contributed by atoms with Gasteiger partial charge in [-0.25, -0.2) is 8.42 Å². The van der Waals surface area contributed by atoms with Crippen molar-refractivity contribution in [2.75, 3.05) is 30.3 Å². The SMILES string of the molecule is I.O=S1(=O)CCC(NC(=NCCc2ccco2)NCCSc2ccccc2)C1. The predicted molar refractivity (Wildman–Crippen MR) is 125 cm³/mol. The fraction of sp³-hybridized carbons (Fsp3) is 0.421. The number of furan rings is 1. The summed E-state index contributed by atoms with van der Waals surface area (Å²) in [7, 11) is -2.92. The zero-order valence-corrected chi connectivity index (χ0v) is 19.5. The molecule has 9 heteroatoms. The highest BCUT2D eigenvalue weighted by Gasteiger charge is 2.28. The Kier molecular flexibility index (Phi) is 9.66. The third-order valence-corrected chi connectivity index (χ3v) is 6.97. The second-order valence-corrected chi connectivity index (χ2v) is 9.79. The molecule has 0 aliphatic carbocycles. The van der Waals surface area contributed by atoms with Crippen LogP contribution in [0.4, 0.5) is 0 Å². The molecule has 0 amide bonds. The number of nitrogens with one attached hydrogen (secondary N) is 2. The molecule has 1 unspecified atom stereocenters. The van der Waals surface area contributed by atoms with E-state index in [1.807, 2.05) is 30.3 Å². The second kappa shape index (κ2) is 11.7. The average molecular weight is 535 g/mol. The smallest absolute Gasteiger partial charge is 0.191 e. The minimum Gasteiger partial charge on any atom is -0.469 e. The summed E-state index contributed by atoms with van der Waals surface area (Å²) >= 11 is 1.77. The number of sulfone groups is 1. The zero-order valence-electron chi connectivity index (χ0n) is 15.5. The van der Waals surface area contributed by atoms with Gasteiger partial charge in [-0.1, -0.05) is 18.2 Å². The van der Waals surface area contributed by atoms with Gasteiger partial charge in [0.15, 0.2) is 15.8 Å². The van der Waals surface area contributed by atoms with Crippen molar-refractivity contribution < 1.29 is 12.8 Å². The number of hydrogen-bond donors (Lipinski definition) is 2. The maximum atomic E-state index is 11.7. The van der Waals surface area contributed by atoms with Crippen molar-refractivity contribution in [2.24, 2.45) is 4.99 Å². The van der Waals surface area contributed by atoms with Crippen LogP contribution in [-0.4, -0.2) is 50.8 Å². The Hall–Kier alpha value is -1.20. The molecule has 0 radical (unpaired) electrons. The monoisotopic (exact) mass is 535 g/mol. The van der Waals surface area contributed by atoms with Gasteiger partial charge in [0.2, 0.25) is 0 Å². The van der Waals surface area contributed by atoms with Crippen molar-refractivity contribution in [3.05, 3.63) is 54.5 Å². The normalized spacial score (nSPS) is 18.4. The number of hydrogen-bond acceptors (Lipinski definition) is 5. The molecule has 1 saturated heterocycles. The summed E-state index contributed by atoms with van der Waals surface area (Å²) in [5, 5.41) is 6.59. The summed E-state index contributed by atoms with van der Waals surface area (Å²) in [5.41, 5.74) is 0. The van der Waals surface area contributed by atoms with Gasteiger partial charge in [-0.05, 0) is 30.7 Å². The fourth-order valence-electron chi connectivity index (χ4n) is 2.84. The van der Waals surface area contributed by atoms with Gasteiger partial charge in [-0.2, -0.15) is 0 Å². The minimum atomic E-state index is -2.92. The van der Waals surface area contributed by atoms with Gasteiger partial charge in [0, 0.05) is 36.2 Å². The van der Waals surface area contributed by atoms with Crippen LogP contribution in [0.2, 0.25) is 0 Å². The van der Waals surface area contributed by atoms with Crippen LogP contribution in [0.5, 0.6) is 0 Å². The van der Waals surface area contributed by atoms with Gasteiger partial charge >= 0.3 is 0 Å². The van der Waals surface area contributed by atoms with E-state index in [9.17, 15) is 8.42 Å². The maximum absolute atomic E-state index is 11.7. The second-order valence-electron chi connectivity index (χ2n) is 6.39. The van der Waals surface area contributed by atoms with Gasteiger partial charge in [-0.15, -0.1) is 35.7 Å². The standard InChI is InChI=1S/C19H25N3O3S2.HI/c23-27(24)14-9-16(15-27)22-19(20-10-8-17-5-4-12-25-17)21-11-13-26-18-6-2-1-3-7-18;/h1-7,12,16H,8-11,13-15H2,(H2,20,21,22);1H. The first-order valence-electron chi connectivity index (χ1n) is 9.06. The van der Waals surface area contributed by atoms with Crippen LogP contribution in [0.1, 0.15) is 12.2 Å². The first-order chi connectivity index (χ1) is 13.1. The van der Waals surface area contributed by atoms with E-state index in [0.717, 1.165) is 18.1 Å². The molecule has 0 bridgehead atoms. The van der Waals surface area contributed by atoms with Crippen molar-refractivity contribution in [3.63, 3.8) is 0 Å². The summed E-state index contributed by atoms with van der Waals surface area (Å²) in [6, 6.07) is 13.9. The van der Waals surface area contributed by atoms with Gasteiger partial charge in [0.25, 0.3) is 0 Å². The van der Waals surface area contributed by atoms with Crippen LogP contribution in [0.3, 0.4) is 0 Å². The lowest BCUT2D eigenvalue weighted by molar-refractivity contribution is 0.510. The predicted octanol–water partition coefficient (Wildman–Crippen LogP) is 2.95. The molecule has 28 heavy (non-hydrogen) atoms. The van der Waals surface area contributed by atoms with Crippen molar-refractivity contribution in [1.29, 1.82) is 0 Å². The highest BCUT2D eigenvalue weighted by atomic mass is 127. The Morgan fingerprint density at radius 2 is 2.04 bits per heavy atom. The first-order valence-corrected chi connectivity index (χ1v) is 11.9. The molecule has 1 atom stereocenters. The molecule has 2 aromatic rings. The third kappa shape index (κ3) is 8.04. The summed E-state index contributed by atoms with van der Waals surface area (Å²) < 4.78 is 28.7. The molecule has 1 aliphatic rings. The van der Waals surface area contributed by atoms with E-state index in [4.69, 9.17) is 4.42 Å². The highest BCUT2D eigenvalue weighted by molar-refractivity contribution is 14.0. The molecule has 0 spiro atoms. The molecule has 1 aliphatic heterocycles. The molecule has 6 nitrogen and oxygen atoms in total. The molecule has 1 fully saturated rings. The molecule has 0 saturated carbocycles. The molecular formula is C19H26IN3O3S2. The van der Waals surface area contributed by atoms with E-state index < -0.39 is 9.84 Å². The van der Waals surface area contributed by atoms with Crippen LogP contribution in [0.15, 0.2) is 63.0 Å². The quantitative estimate of drug-likeness (QED) is 0.178. The van der Waals surface area contributed by atoms with E-state index in [0.29, 0.717) is 25.3 Å². The van der Waals surface area contributed by atoms with Gasteiger partial charge < -0.3 is 15.1 Å². The van der Waals surface area contributed by atoms with Crippen LogP contribution in [0.25, 0.3) is 0 Å². The Morgan fingerprint density at radius 3 is 2.71 bits per heavy atom. The topological polar surface area (TPSA) is 83.7 Å². The number of rotatable bonds is 8. The van der Waals surface area contributed by atoms with Gasteiger partial charge in [0.1, 0.15) is 5.76 Å². The number of benzene rings is 1. The summed E-state index contributed by atoms with van der Waals surface area (Å²) in [6.07, 6.45) is 2.99. The number of nitrogens with zero attached hydrogens (tertiary/aromatic N) is 1. The lowest BCUT2D eigenvalue weighted by Crippen LogP contribution is -2.44. The van der Waals surface area contributed by atoms with Crippen molar-refractivity contribution in [1.82, 2.24) is 10.6 Å². The molecule has 1 aromatic heterocycles. The Labute approximate surface area is 187 Å². The molecule has 1 aromatic carbocycles. The number of thioether (sulfide) groups is 1. The number of aliphatic imine (C=N–C) groups is 1. The van der Waals surface area contributed by atoms with Crippen molar-refractivity contribution in [2.45, 2.75) is 23.8 Å². The molecule has 2 N–H and O–H groups in total. The van der Waals surface area contributed by atoms with Crippen LogP contribution in [0, 0.1) is 0 Å².